The summed E-state index contributed by atoms with van der Waals surface area (Å²) in [4.78, 5) is 0. The first kappa shape index (κ1) is 16.4. The van der Waals surface area contributed by atoms with Crippen molar-refractivity contribution < 1.29 is 10.2 Å². The van der Waals surface area contributed by atoms with Crippen molar-refractivity contribution in [1.29, 1.82) is 0 Å². The topological polar surface area (TPSA) is 40.5 Å². The predicted octanol–water partition coefficient (Wildman–Crippen LogP) is 4.76. The zero-order valence-corrected chi connectivity index (χ0v) is 15.3. The smallest absolute Gasteiger partial charge is 0.115 e. The van der Waals surface area contributed by atoms with Gasteiger partial charge in [-0.25, -0.2) is 0 Å². The van der Waals surface area contributed by atoms with Gasteiger partial charge >= 0.3 is 0 Å². The number of aliphatic hydroxyl groups is 1. The van der Waals surface area contributed by atoms with E-state index in [9.17, 15) is 10.2 Å². The number of phenolic OH excluding ortho intramolecular Hbond substituents is 1. The molecule has 2 saturated carbocycles. The Hall–Kier alpha value is -1.80. The van der Waals surface area contributed by atoms with E-state index in [0.717, 1.165) is 38.5 Å². The van der Waals surface area contributed by atoms with Crippen LogP contribution in [-0.2, 0) is 18.3 Å². The molecule has 3 aliphatic carbocycles. The first-order valence-electron chi connectivity index (χ1n) is 10.2. The van der Waals surface area contributed by atoms with E-state index in [1.807, 2.05) is 12.1 Å². The second-order valence-electron chi connectivity index (χ2n) is 8.98. The maximum absolute atomic E-state index is 11.3. The molecular weight excluding hydrogens is 320 g/mol. The molecule has 5 rings (SSSR count). The molecule has 0 heterocycles. The van der Waals surface area contributed by atoms with Gasteiger partial charge < -0.3 is 10.2 Å². The number of hydrogen-bond donors (Lipinski definition) is 2. The SMILES string of the molecule is Oc1ccc2c(c1)CC[C@@H]1C[C@@](O)(C3CC3)CC[C@@]21Cc1ccccc1. The summed E-state index contributed by atoms with van der Waals surface area (Å²) >= 11 is 0. The maximum Gasteiger partial charge on any atom is 0.115 e. The molecular formula is C24H28O2. The Kier molecular flexibility index (Phi) is 3.69. The van der Waals surface area contributed by atoms with Crippen molar-refractivity contribution in [3.8, 4) is 5.75 Å². The number of phenols is 1. The van der Waals surface area contributed by atoms with Crippen molar-refractivity contribution in [3.63, 3.8) is 0 Å². The van der Waals surface area contributed by atoms with E-state index in [1.54, 1.807) is 0 Å². The first-order chi connectivity index (χ1) is 12.6. The molecule has 0 radical (unpaired) electrons. The van der Waals surface area contributed by atoms with Gasteiger partial charge in [-0.3, -0.25) is 0 Å². The Morgan fingerprint density at radius 3 is 2.50 bits per heavy atom. The normalized spacial score (nSPS) is 33.3. The average molecular weight is 348 g/mol. The van der Waals surface area contributed by atoms with Crippen LogP contribution >= 0.6 is 0 Å². The Morgan fingerprint density at radius 2 is 1.73 bits per heavy atom. The third-order valence-corrected chi connectivity index (χ3v) is 7.47. The molecule has 2 aromatic carbocycles. The number of aromatic hydroxyl groups is 1. The predicted molar refractivity (Wildman–Crippen MR) is 103 cm³/mol. The van der Waals surface area contributed by atoms with Crippen molar-refractivity contribution in [2.45, 2.75) is 62.4 Å². The molecule has 0 unspecified atom stereocenters. The fourth-order valence-corrected chi connectivity index (χ4v) is 5.98. The number of benzene rings is 2. The standard InChI is InChI=1S/C24H28O2/c25-21-10-11-22-18(14-21)6-7-20-16-24(26,19-8-9-19)13-12-23(20,22)15-17-4-2-1-3-5-17/h1-5,10-11,14,19-20,25-26H,6-9,12-13,15-16H2/t20-,23+,24-/m1/s1. The Balaban J connectivity index is 1.58. The van der Waals surface area contributed by atoms with Gasteiger partial charge in [0, 0.05) is 5.41 Å². The van der Waals surface area contributed by atoms with E-state index < -0.39 is 5.60 Å². The largest absolute Gasteiger partial charge is 0.508 e. The molecule has 0 saturated heterocycles. The number of fused-ring (bicyclic) bond motifs is 3. The van der Waals surface area contributed by atoms with Crippen LogP contribution in [0.5, 0.6) is 5.75 Å². The van der Waals surface area contributed by atoms with E-state index in [0.29, 0.717) is 17.6 Å². The van der Waals surface area contributed by atoms with E-state index in [-0.39, 0.29) is 5.41 Å². The lowest BCUT2D eigenvalue weighted by Crippen LogP contribution is -2.52. The zero-order valence-electron chi connectivity index (χ0n) is 15.3. The third-order valence-electron chi connectivity index (χ3n) is 7.47. The van der Waals surface area contributed by atoms with Crippen LogP contribution in [0.15, 0.2) is 48.5 Å². The summed E-state index contributed by atoms with van der Waals surface area (Å²) in [5, 5.41) is 21.3. The lowest BCUT2D eigenvalue weighted by molar-refractivity contribution is -0.0664. The van der Waals surface area contributed by atoms with E-state index in [4.69, 9.17) is 0 Å². The number of hydrogen-bond acceptors (Lipinski definition) is 2. The Morgan fingerprint density at radius 1 is 0.923 bits per heavy atom. The van der Waals surface area contributed by atoms with Gasteiger partial charge in [0.2, 0.25) is 0 Å². The van der Waals surface area contributed by atoms with Crippen LogP contribution in [0, 0.1) is 11.8 Å². The number of rotatable bonds is 3. The molecule has 2 N–H and O–H groups in total. The van der Waals surface area contributed by atoms with Gasteiger partial charge in [0.05, 0.1) is 5.60 Å². The second kappa shape index (κ2) is 5.85. The molecule has 0 amide bonds. The molecule has 0 aliphatic heterocycles. The molecule has 2 heteroatoms. The van der Waals surface area contributed by atoms with Gasteiger partial charge in [-0.05, 0) is 92.0 Å². The Bertz CT molecular complexity index is 810. The summed E-state index contributed by atoms with van der Waals surface area (Å²) in [6.07, 6.45) is 8.52. The fraction of sp³-hybridized carbons (Fsp3) is 0.500. The molecule has 2 fully saturated rings. The van der Waals surface area contributed by atoms with Gasteiger partial charge in [0.1, 0.15) is 5.75 Å². The van der Waals surface area contributed by atoms with Crippen molar-refractivity contribution in [2.24, 2.45) is 11.8 Å². The van der Waals surface area contributed by atoms with E-state index in [1.165, 1.54) is 29.5 Å². The zero-order chi connectivity index (χ0) is 17.8. The first-order valence-corrected chi connectivity index (χ1v) is 10.2. The van der Waals surface area contributed by atoms with Gasteiger partial charge in [0.15, 0.2) is 0 Å². The molecule has 2 nitrogen and oxygen atoms in total. The fourth-order valence-electron chi connectivity index (χ4n) is 5.98. The minimum absolute atomic E-state index is 0.101. The van der Waals surface area contributed by atoms with Crippen LogP contribution in [-0.4, -0.2) is 15.8 Å². The van der Waals surface area contributed by atoms with Crippen molar-refractivity contribution in [2.75, 3.05) is 0 Å². The van der Waals surface area contributed by atoms with Crippen LogP contribution < -0.4 is 0 Å². The minimum atomic E-state index is -0.431. The summed E-state index contributed by atoms with van der Waals surface area (Å²) in [5.74, 6) is 1.44. The molecule has 0 bridgehead atoms. The van der Waals surface area contributed by atoms with E-state index in [2.05, 4.69) is 36.4 Å². The van der Waals surface area contributed by atoms with Gasteiger partial charge in [-0.15, -0.1) is 0 Å². The highest BCUT2D eigenvalue weighted by atomic mass is 16.3. The highest BCUT2D eigenvalue weighted by Crippen LogP contribution is 2.58. The summed E-state index contributed by atoms with van der Waals surface area (Å²) in [6.45, 7) is 0. The Labute approximate surface area is 155 Å². The van der Waals surface area contributed by atoms with Gasteiger partial charge in [-0.1, -0.05) is 36.4 Å². The molecule has 3 atom stereocenters. The van der Waals surface area contributed by atoms with Crippen LogP contribution in [0.25, 0.3) is 0 Å². The number of aryl methyl sites for hydroxylation is 1. The molecule has 2 aromatic rings. The molecule has 0 spiro atoms. The molecule has 136 valence electrons. The van der Waals surface area contributed by atoms with Crippen LogP contribution in [0.1, 0.15) is 55.2 Å². The van der Waals surface area contributed by atoms with Crippen molar-refractivity contribution in [1.82, 2.24) is 0 Å². The van der Waals surface area contributed by atoms with Crippen LogP contribution in [0.3, 0.4) is 0 Å². The monoisotopic (exact) mass is 348 g/mol. The van der Waals surface area contributed by atoms with Crippen LogP contribution in [0.4, 0.5) is 0 Å². The molecule has 0 aromatic heterocycles. The molecule has 3 aliphatic rings. The summed E-state index contributed by atoms with van der Waals surface area (Å²) in [6, 6.07) is 16.8. The minimum Gasteiger partial charge on any atom is -0.508 e. The van der Waals surface area contributed by atoms with Crippen molar-refractivity contribution >= 4 is 0 Å². The quantitative estimate of drug-likeness (QED) is 0.839. The third kappa shape index (κ3) is 2.58. The molecule has 26 heavy (non-hydrogen) atoms. The average Bonchev–Trinajstić information content (AvgIpc) is 3.49. The summed E-state index contributed by atoms with van der Waals surface area (Å²) < 4.78 is 0. The summed E-state index contributed by atoms with van der Waals surface area (Å²) in [5.41, 5.74) is 3.79. The summed E-state index contributed by atoms with van der Waals surface area (Å²) in [7, 11) is 0. The lowest BCUT2D eigenvalue weighted by Gasteiger charge is -2.53. The van der Waals surface area contributed by atoms with E-state index >= 15 is 0 Å². The highest BCUT2D eigenvalue weighted by molar-refractivity contribution is 5.44. The van der Waals surface area contributed by atoms with Gasteiger partial charge in [-0.2, -0.15) is 0 Å². The highest BCUT2D eigenvalue weighted by Gasteiger charge is 2.55. The lowest BCUT2D eigenvalue weighted by atomic mass is 9.52. The maximum atomic E-state index is 11.3. The van der Waals surface area contributed by atoms with Gasteiger partial charge in [0.25, 0.3) is 0 Å². The van der Waals surface area contributed by atoms with Crippen molar-refractivity contribution in [3.05, 3.63) is 65.2 Å². The van der Waals surface area contributed by atoms with Crippen LogP contribution in [0.2, 0.25) is 0 Å². The second-order valence-corrected chi connectivity index (χ2v) is 8.98.